The molecule has 2 atom stereocenters. The second-order valence-corrected chi connectivity index (χ2v) is 23.9. The lowest BCUT2D eigenvalue weighted by molar-refractivity contribution is 0.476. The lowest BCUT2D eigenvalue weighted by Gasteiger charge is -2.26. The molecule has 0 radical (unpaired) electrons. The summed E-state index contributed by atoms with van der Waals surface area (Å²) in [6.45, 7) is 18.0. The van der Waals surface area contributed by atoms with E-state index in [1.165, 1.54) is 22.3 Å². The Morgan fingerprint density at radius 1 is 0.286 bits per heavy atom. The minimum Gasteiger partial charge on any atom is -0.507 e. The van der Waals surface area contributed by atoms with Crippen LogP contribution in [0, 0.1) is 0 Å². The van der Waals surface area contributed by atoms with Gasteiger partial charge in [-0.25, -0.2) is 0 Å². The molecule has 12 aromatic carbocycles. The predicted octanol–water partition coefficient (Wildman–Crippen LogP) is 21.9. The minimum atomic E-state index is -0.601. The molecule has 0 spiro atoms. The number of nitrogens with zero attached hydrogens (tertiary/aromatic N) is 2. The van der Waals surface area contributed by atoms with Crippen LogP contribution in [0.5, 0.6) is 11.5 Å². The standard InChI is InChI=1S/C80H72N2O2/c1-49(2)59-41-60(50(3)4)44-63(43-59)77(81-47-65-39-57-29-17-21-33-69(57)75(79(65)83)73-67-31-19-15-27-55(67)35-37-71(73)53-23-11-9-12-24-53)78(64-45-61(51(5)6)42-62(46-64)52(7)8)82-48-66-40-58-30-18-22-34-70(58)76(80(66)84)74-68-32-20-16-28-56(68)36-38-72(74)54-25-13-10-14-26-54/h9-52,77-78,83-84H,1-8H3/t77-,78-/m0/s1. The molecule has 0 bridgehead atoms. The molecular formula is C80H72N2O2. The first-order valence-electron chi connectivity index (χ1n) is 29.8. The number of benzene rings is 12. The summed E-state index contributed by atoms with van der Waals surface area (Å²) in [4.78, 5) is 11.6. The highest BCUT2D eigenvalue weighted by Crippen LogP contribution is 2.50. The van der Waals surface area contributed by atoms with Crippen LogP contribution in [-0.4, -0.2) is 22.6 Å². The van der Waals surface area contributed by atoms with Crippen LogP contribution < -0.4 is 0 Å². The number of hydrogen-bond acceptors (Lipinski definition) is 4. The summed E-state index contributed by atoms with van der Waals surface area (Å²) in [5, 5.41) is 34.6. The maximum atomic E-state index is 13.2. The van der Waals surface area contributed by atoms with Gasteiger partial charge in [-0.05, 0) is 135 Å². The van der Waals surface area contributed by atoms with Crippen molar-refractivity contribution in [2.24, 2.45) is 9.98 Å². The van der Waals surface area contributed by atoms with E-state index in [9.17, 15) is 10.2 Å². The van der Waals surface area contributed by atoms with Gasteiger partial charge in [0.25, 0.3) is 0 Å². The average Bonchev–Trinajstić information content (AvgIpc) is 1.08. The van der Waals surface area contributed by atoms with Crippen LogP contribution >= 0.6 is 0 Å². The molecule has 4 nitrogen and oxygen atoms in total. The van der Waals surface area contributed by atoms with Gasteiger partial charge in [0, 0.05) is 45.8 Å². The van der Waals surface area contributed by atoms with Gasteiger partial charge in [0.1, 0.15) is 23.6 Å². The van der Waals surface area contributed by atoms with Crippen molar-refractivity contribution < 1.29 is 10.2 Å². The lowest BCUT2D eigenvalue weighted by atomic mass is 9.84. The molecule has 0 heterocycles. The highest BCUT2D eigenvalue weighted by molar-refractivity contribution is 6.16. The molecule has 0 aromatic heterocycles. The van der Waals surface area contributed by atoms with E-state index in [1.807, 2.05) is 24.6 Å². The van der Waals surface area contributed by atoms with Crippen molar-refractivity contribution in [3.63, 3.8) is 0 Å². The van der Waals surface area contributed by atoms with Crippen molar-refractivity contribution in [1.29, 1.82) is 0 Å². The van der Waals surface area contributed by atoms with Gasteiger partial charge in [0.2, 0.25) is 0 Å². The van der Waals surface area contributed by atoms with Crippen molar-refractivity contribution in [1.82, 2.24) is 0 Å². The van der Waals surface area contributed by atoms with Crippen LogP contribution in [0.3, 0.4) is 0 Å². The zero-order chi connectivity index (χ0) is 58.2. The van der Waals surface area contributed by atoms with Crippen LogP contribution in [-0.2, 0) is 0 Å². The molecule has 0 amide bonds. The van der Waals surface area contributed by atoms with Gasteiger partial charge in [0.15, 0.2) is 0 Å². The Morgan fingerprint density at radius 3 is 0.905 bits per heavy atom. The van der Waals surface area contributed by atoms with E-state index >= 15 is 0 Å². The first-order chi connectivity index (χ1) is 40.8. The summed E-state index contributed by atoms with van der Waals surface area (Å²) >= 11 is 0. The van der Waals surface area contributed by atoms with Crippen LogP contribution in [0.25, 0.3) is 87.6 Å². The van der Waals surface area contributed by atoms with E-state index in [0.717, 1.165) is 98.7 Å². The highest BCUT2D eigenvalue weighted by Gasteiger charge is 2.29. The van der Waals surface area contributed by atoms with Crippen molar-refractivity contribution in [2.45, 2.75) is 91.1 Å². The van der Waals surface area contributed by atoms with E-state index < -0.39 is 12.1 Å². The second-order valence-electron chi connectivity index (χ2n) is 23.9. The monoisotopic (exact) mass is 1090 g/mol. The second kappa shape index (κ2) is 23.5. The topological polar surface area (TPSA) is 65.2 Å². The zero-order valence-electron chi connectivity index (χ0n) is 49.3. The third kappa shape index (κ3) is 10.7. The molecule has 0 unspecified atom stereocenters. The smallest absolute Gasteiger partial charge is 0.132 e. The summed E-state index contributed by atoms with van der Waals surface area (Å²) in [6.07, 6.45) is 3.80. The molecule has 414 valence electrons. The Hall–Kier alpha value is -9.38. The van der Waals surface area contributed by atoms with Gasteiger partial charge in [-0.15, -0.1) is 0 Å². The van der Waals surface area contributed by atoms with Crippen LogP contribution in [0.1, 0.15) is 136 Å². The molecule has 12 rings (SSSR count). The zero-order valence-corrected chi connectivity index (χ0v) is 49.3. The maximum absolute atomic E-state index is 13.2. The molecule has 0 aliphatic heterocycles. The van der Waals surface area contributed by atoms with E-state index in [-0.39, 0.29) is 35.2 Å². The van der Waals surface area contributed by atoms with Crippen LogP contribution in [0.4, 0.5) is 0 Å². The quantitative estimate of drug-likeness (QED) is 0.100. The number of aliphatic imine (C=N–C) groups is 2. The molecule has 12 aromatic rings. The molecule has 84 heavy (non-hydrogen) atoms. The SMILES string of the molecule is CC(C)c1cc(C(C)C)cc([C@H](N=Cc2cc3ccccc3c(-c3c(-c4ccccc4)ccc4ccccc34)c2O)[C@@H](N=Cc2cc3ccccc3c(-c3c(-c4ccccc4)ccc4ccccc34)c2O)c2cc(C(C)C)cc(C(C)C)c2)c1. The fourth-order valence-electron chi connectivity index (χ4n) is 12.3. The van der Waals surface area contributed by atoms with Crippen molar-refractivity contribution in [3.8, 4) is 56.0 Å². The van der Waals surface area contributed by atoms with Crippen molar-refractivity contribution in [2.75, 3.05) is 0 Å². The summed E-state index contributed by atoms with van der Waals surface area (Å²) in [7, 11) is 0. The fourth-order valence-corrected chi connectivity index (χ4v) is 12.3. The number of hydrogen-bond donors (Lipinski definition) is 2. The normalized spacial score (nSPS) is 12.9. The van der Waals surface area contributed by atoms with Gasteiger partial charge in [-0.3, -0.25) is 9.98 Å². The van der Waals surface area contributed by atoms with E-state index in [4.69, 9.17) is 9.98 Å². The minimum absolute atomic E-state index is 0.157. The number of aromatic hydroxyl groups is 2. The number of phenolic OH excluding ortho intramolecular Hbond substituents is 2. The molecule has 0 aliphatic carbocycles. The predicted molar refractivity (Wildman–Crippen MR) is 358 cm³/mol. The van der Waals surface area contributed by atoms with Gasteiger partial charge in [-0.1, -0.05) is 274 Å². The summed E-state index contributed by atoms with van der Waals surface area (Å²) in [5.41, 5.74) is 15.8. The molecule has 0 aliphatic rings. The Bertz CT molecular complexity index is 4130. The number of fused-ring (bicyclic) bond motifs is 4. The molecule has 0 saturated heterocycles. The third-order valence-corrected chi connectivity index (χ3v) is 17.0. The first kappa shape index (κ1) is 55.2. The molecule has 0 fully saturated rings. The van der Waals surface area contributed by atoms with Crippen LogP contribution in [0.2, 0.25) is 0 Å². The average molecular weight is 1090 g/mol. The Balaban J connectivity index is 1.13. The number of rotatable bonds is 15. The van der Waals surface area contributed by atoms with Crippen molar-refractivity contribution in [3.05, 3.63) is 275 Å². The largest absolute Gasteiger partial charge is 0.507 e. The summed E-state index contributed by atoms with van der Waals surface area (Å²) < 4.78 is 0. The maximum Gasteiger partial charge on any atom is 0.132 e. The Morgan fingerprint density at radius 2 is 0.571 bits per heavy atom. The Kier molecular flexibility index (Phi) is 15.4. The van der Waals surface area contributed by atoms with Gasteiger partial charge in [-0.2, -0.15) is 0 Å². The van der Waals surface area contributed by atoms with Gasteiger partial charge < -0.3 is 10.2 Å². The summed E-state index contributed by atoms with van der Waals surface area (Å²) in [6, 6.07) is 80.2. The fraction of sp³-hybridized carbons (Fsp3) is 0.175. The van der Waals surface area contributed by atoms with E-state index in [0.29, 0.717) is 11.1 Å². The van der Waals surface area contributed by atoms with Gasteiger partial charge >= 0.3 is 0 Å². The molecule has 0 saturated carbocycles. The van der Waals surface area contributed by atoms with E-state index in [1.54, 1.807) is 0 Å². The van der Waals surface area contributed by atoms with Gasteiger partial charge in [0.05, 0.1) is 0 Å². The molecule has 2 N–H and O–H groups in total. The molecule has 4 heteroatoms. The third-order valence-electron chi connectivity index (χ3n) is 17.0. The summed E-state index contributed by atoms with van der Waals surface area (Å²) in [5.74, 6) is 1.26. The van der Waals surface area contributed by atoms with E-state index in [2.05, 4.69) is 274 Å². The molecular weight excluding hydrogens is 1020 g/mol. The Labute approximate surface area is 495 Å². The first-order valence-corrected chi connectivity index (χ1v) is 29.8. The number of phenols is 2. The lowest BCUT2D eigenvalue weighted by Crippen LogP contribution is -2.12. The van der Waals surface area contributed by atoms with Crippen molar-refractivity contribution >= 4 is 55.5 Å². The highest BCUT2D eigenvalue weighted by atomic mass is 16.3. The van der Waals surface area contributed by atoms with Crippen LogP contribution in [0.15, 0.2) is 241 Å².